The molecule has 1 heterocycles. The third-order valence-corrected chi connectivity index (χ3v) is 2.83. The van der Waals surface area contributed by atoms with Crippen molar-refractivity contribution in [2.45, 2.75) is 6.29 Å². The second kappa shape index (κ2) is 5.73. The number of methoxy groups -OCH3 is 3. The molecule has 1 aromatic carbocycles. The Morgan fingerprint density at radius 2 is 1.95 bits per heavy atom. The molecule has 2 aromatic rings. The van der Waals surface area contributed by atoms with Gasteiger partial charge in [-0.15, -0.1) is 0 Å². The number of benzene rings is 1. The van der Waals surface area contributed by atoms with E-state index in [1.54, 1.807) is 39.9 Å². The number of imidazole rings is 1. The molecule has 0 spiro atoms. The van der Waals surface area contributed by atoms with Gasteiger partial charge in [-0.1, -0.05) is 0 Å². The summed E-state index contributed by atoms with van der Waals surface area (Å²) in [5.41, 5.74) is 8.05. The predicted octanol–water partition coefficient (Wildman–Crippen LogP) is 1.75. The number of nitrogen functional groups attached to an aromatic ring is 1. The highest BCUT2D eigenvalue weighted by molar-refractivity contribution is 5.57. The normalized spacial score (nSPS) is 10.9. The highest BCUT2D eigenvalue weighted by Crippen LogP contribution is 2.27. The topological polar surface area (TPSA) is 71.5 Å². The zero-order valence-electron chi connectivity index (χ0n) is 11.2. The lowest BCUT2D eigenvalue weighted by atomic mass is 10.2. The van der Waals surface area contributed by atoms with Crippen molar-refractivity contribution in [1.82, 2.24) is 9.55 Å². The molecule has 2 rings (SSSR count). The van der Waals surface area contributed by atoms with Gasteiger partial charge in [0.05, 0.1) is 36.7 Å². The molecule has 0 saturated carbocycles. The highest BCUT2D eigenvalue weighted by atomic mass is 16.7. The van der Waals surface area contributed by atoms with Crippen LogP contribution in [-0.2, 0) is 9.47 Å². The van der Waals surface area contributed by atoms with E-state index in [1.807, 2.05) is 16.7 Å². The monoisotopic (exact) mass is 263 g/mol. The quantitative estimate of drug-likeness (QED) is 0.657. The Labute approximate surface area is 111 Å². The molecule has 2 N–H and O–H groups in total. The van der Waals surface area contributed by atoms with E-state index in [4.69, 9.17) is 19.9 Å². The highest BCUT2D eigenvalue weighted by Gasteiger charge is 2.16. The first-order chi connectivity index (χ1) is 9.21. The van der Waals surface area contributed by atoms with Gasteiger partial charge in [-0.2, -0.15) is 0 Å². The average Bonchev–Trinajstić information content (AvgIpc) is 2.90. The molecular weight excluding hydrogens is 246 g/mol. The second-order valence-corrected chi connectivity index (χ2v) is 3.92. The zero-order valence-corrected chi connectivity index (χ0v) is 11.2. The van der Waals surface area contributed by atoms with Gasteiger partial charge in [-0.3, -0.25) is 4.57 Å². The van der Waals surface area contributed by atoms with Crippen molar-refractivity contribution in [2.75, 3.05) is 27.1 Å². The summed E-state index contributed by atoms with van der Waals surface area (Å²) >= 11 is 0. The van der Waals surface area contributed by atoms with Crippen molar-refractivity contribution >= 4 is 5.69 Å². The van der Waals surface area contributed by atoms with Gasteiger partial charge in [-0.05, 0) is 12.1 Å². The van der Waals surface area contributed by atoms with Gasteiger partial charge in [0.25, 0.3) is 0 Å². The van der Waals surface area contributed by atoms with E-state index >= 15 is 0 Å². The Morgan fingerprint density at radius 3 is 2.58 bits per heavy atom. The third-order valence-electron chi connectivity index (χ3n) is 2.83. The van der Waals surface area contributed by atoms with Crippen LogP contribution in [0.2, 0.25) is 0 Å². The minimum absolute atomic E-state index is 0.481. The maximum atomic E-state index is 5.80. The standard InChI is InChI=1S/C13H17N3O3/c1-17-12-6-9(4-5-10(12)14)16-8-15-7-11(16)13(18-2)19-3/h4-8,13H,14H2,1-3H3. The Balaban J connectivity index is 2.45. The molecule has 6 heteroatoms. The Kier molecular flexibility index (Phi) is 4.03. The molecule has 0 amide bonds. The molecule has 0 aliphatic heterocycles. The Morgan fingerprint density at radius 1 is 1.21 bits per heavy atom. The molecular formula is C13H17N3O3. The van der Waals surface area contributed by atoms with Crippen LogP contribution in [0, 0.1) is 0 Å². The first-order valence-electron chi connectivity index (χ1n) is 5.73. The Hall–Kier alpha value is -2.05. The number of nitrogens with two attached hydrogens (primary N) is 1. The van der Waals surface area contributed by atoms with E-state index in [0.29, 0.717) is 11.4 Å². The van der Waals surface area contributed by atoms with Crippen molar-refractivity contribution < 1.29 is 14.2 Å². The van der Waals surface area contributed by atoms with E-state index < -0.39 is 6.29 Å². The second-order valence-electron chi connectivity index (χ2n) is 3.92. The minimum Gasteiger partial charge on any atom is -0.495 e. The average molecular weight is 263 g/mol. The van der Waals surface area contributed by atoms with Crippen LogP contribution in [0.3, 0.4) is 0 Å². The van der Waals surface area contributed by atoms with E-state index in [2.05, 4.69) is 4.98 Å². The molecule has 102 valence electrons. The first kappa shape index (κ1) is 13.4. The van der Waals surface area contributed by atoms with Crippen LogP contribution in [0.4, 0.5) is 5.69 Å². The number of aromatic nitrogens is 2. The van der Waals surface area contributed by atoms with Crippen LogP contribution in [0.15, 0.2) is 30.7 Å². The smallest absolute Gasteiger partial charge is 0.200 e. The molecule has 0 aliphatic rings. The maximum absolute atomic E-state index is 5.80. The molecule has 0 fully saturated rings. The summed E-state index contributed by atoms with van der Waals surface area (Å²) in [5, 5.41) is 0. The van der Waals surface area contributed by atoms with Gasteiger partial charge >= 0.3 is 0 Å². The summed E-state index contributed by atoms with van der Waals surface area (Å²) in [7, 11) is 4.74. The van der Waals surface area contributed by atoms with Gasteiger partial charge in [-0.25, -0.2) is 4.98 Å². The molecule has 1 aromatic heterocycles. The molecule has 0 aliphatic carbocycles. The summed E-state index contributed by atoms with van der Waals surface area (Å²) < 4.78 is 17.6. The number of nitrogens with zero attached hydrogens (tertiary/aromatic N) is 2. The number of hydrogen-bond acceptors (Lipinski definition) is 5. The zero-order chi connectivity index (χ0) is 13.8. The van der Waals surface area contributed by atoms with Gasteiger partial charge < -0.3 is 19.9 Å². The van der Waals surface area contributed by atoms with E-state index in [-0.39, 0.29) is 0 Å². The van der Waals surface area contributed by atoms with Crippen LogP contribution >= 0.6 is 0 Å². The van der Waals surface area contributed by atoms with E-state index in [1.165, 1.54) is 0 Å². The summed E-state index contributed by atoms with van der Waals surface area (Å²) in [6.45, 7) is 0. The van der Waals surface area contributed by atoms with Gasteiger partial charge in [0, 0.05) is 20.3 Å². The number of anilines is 1. The Bertz CT molecular complexity index is 550. The maximum Gasteiger partial charge on any atom is 0.200 e. The fourth-order valence-corrected chi connectivity index (χ4v) is 1.88. The van der Waals surface area contributed by atoms with Crippen molar-refractivity contribution in [3.05, 3.63) is 36.4 Å². The van der Waals surface area contributed by atoms with Crippen LogP contribution < -0.4 is 10.5 Å². The lowest BCUT2D eigenvalue weighted by Crippen LogP contribution is -2.09. The van der Waals surface area contributed by atoms with Crippen LogP contribution in [0.1, 0.15) is 12.0 Å². The van der Waals surface area contributed by atoms with Gasteiger partial charge in [0.1, 0.15) is 5.75 Å². The molecule has 6 nitrogen and oxygen atoms in total. The molecule has 0 unspecified atom stereocenters. The first-order valence-corrected chi connectivity index (χ1v) is 5.73. The minimum atomic E-state index is -0.481. The number of rotatable bonds is 5. The predicted molar refractivity (Wildman–Crippen MR) is 71.3 cm³/mol. The molecule has 0 saturated heterocycles. The third kappa shape index (κ3) is 2.54. The molecule has 0 atom stereocenters. The SMILES string of the molecule is COc1cc(-n2cncc2C(OC)OC)ccc1N. The van der Waals surface area contributed by atoms with Crippen LogP contribution in [-0.4, -0.2) is 30.9 Å². The van der Waals surface area contributed by atoms with Gasteiger partial charge in [0.15, 0.2) is 0 Å². The largest absolute Gasteiger partial charge is 0.495 e. The summed E-state index contributed by atoms with van der Waals surface area (Å²) in [5.74, 6) is 0.614. The van der Waals surface area contributed by atoms with Crippen LogP contribution in [0.25, 0.3) is 5.69 Å². The molecule has 19 heavy (non-hydrogen) atoms. The molecule has 0 bridgehead atoms. The fraction of sp³-hybridized carbons (Fsp3) is 0.308. The fourth-order valence-electron chi connectivity index (χ4n) is 1.88. The molecule has 0 radical (unpaired) electrons. The van der Waals surface area contributed by atoms with Crippen LogP contribution in [0.5, 0.6) is 5.75 Å². The lowest BCUT2D eigenvalue weighted by Gasteiger charge is -2.16. The van der Waals surface area contributed by atoms with Crippen molar-refractivity contribution in [1.29, 1.82) is 0 Å². The number of hydrogen-bond donors (Lipinski definition) is 1. The van der Waals surface area contributed by atoms with Gasteiger partial charge in [0.2, 0.25) is 6.29 Å². The lowest BCUT2D eigenvalue weighted by molar-refractivity contribution is -0.109. The summed E-state index contributed by atoms with van der Waals surface area (Å²) in [4.78, 5) is 4.12. The summed E-state index contributed by atoms with van der Waals surface area (Å²) in [6, 6.07) is 5.50. The van der Waals surface area contributed by atoms with E-state index in [9.17, 15) is 0 Å². The van der Waals surface area contributed by atoms with E-state index in [0.717, 1.165) is 11.4 Å². The van der Waals surface area contributed by atoms with Crippen molar-refractivity contribution in [3.8, 4) is 11.4 Å². The number of ether oxygens (including phenoxy) is 3. The van der Waals surface area contributed by atoms with Crippen molar-refractivity contribution in [2.24, 2.45) is 0 Å². The van der Waals surface area contributed by atoms with Crippen molar-refractivity contribution in [3.63, 3.8) is 0 Å². The summed E-state index contributed by atoms with van der Waals surface area (Å²) in [6.07, 6.45) is 2.90.